The van der Waals surface area contributed by atoms with Crippen molar-refractivity contribution >= 4 is 34.9 Å². The number of rotatable bonds is 8. The van der Waals surface area contributed by atoms with Crippen LogP contribution in [-0.2, 0) is 29.2 Å². The van der Waals surface area contributed by atoms with Gasteiger partial charge < -0.3 is 29.8 Å². The number of amides is 2. The van der Waals surface area contributed by atoms with Crippen molar-refractivity contribution in [2.45, 2.75) is 44.6 Å². The topological polar surface area (TPSA) is 97.6 Å². The molecule has 3 unspecified atom stereocenters. The lowest BCUT2D eigenvalue weighted by Gasteiger charge is -2.36. The molecule has 2 amide bonds. The Morgan fingerprint density at radius 1 is 0.949 bits per heavy atom. The van der Waals surface area contributed by atoms with E-state index >= 15 is 0 Å². The summed E-state index contributed by atoms with van der Waals surface area (Å²) in [5.74, 6) is 0. The zero-order chi connectivity index (χ0) is 27.2. The molecule has 3 aromatic carbocycles. The minimum absolute atomic E-state index is 0.0231. The molecule has 3 atom stereocenters. The van der Waals surface area contributed by atoms with Gasteiger partial charge in [-0.3, -0.25) is 0 Å². The van der Waals surface area contributed by atoms with Crippen molar-refractivity contribution in [1.82, 2.24) is 14.9 Å². The van der Waals surface area contributed by atoms with Crippen molar-refractivity contribution in [2.75, 3.05) is 5.32 Å². The Labute approximate surface area is 236 Å². The maximum Gasteiger partial charge on any atom is 0.319 e. The average Bonchev–Trinajstić information content (AvgIpc) is 3.29. The number of anilines is 1. The maximum absolute atomic E-state index is 12.3. The van der Waals surface area contributed by atoms with Gasteiger partial charge in [-0.05, 0) is 28.8 Å². The second-order valence-corrected chi connectivity index (χ2v) is 9.96. The fourth-order valence-electron chi connectivity index (χ4n) is 4.40. The quantitative estimate of drug-likeness (QED) is 0.234. The van der Waals surface area contributed by atoms with Crippen LogP contribution in [0.25, 0.3) is 0 Å². The highest BCUT2D eigenvalue weighted by molar-refractivity contribution is 6.40. The van der Waals surface area contributed by atoms with Crippen molar-refractivity contribution in [2.24, 2.45) is 0 Å². The van der Waals surface area contributed by atoms with E-state index in [-0.39, 0.29) is 30.0 Å². The van der Waals surface area contributed by atoms with Crippen LogP contribution in [0.2, 0.25) is 10.3 Å². The zero-order valence-corrected chi connectivity index (χ0v) is 22.5. The highest BCUT2D eigenvalue weighted by Crippen LogP contribution is 2.39. The van der Waals surface area contributed by atoms with Crippen molar-refractivity contribution in [3.05, 3.63) is 118 Å². The molecular formula is C29H28Cl2N4O4. The molecule has 1 aliphatic rings. The number of aromatic nitrogens is 2. The summed E-state index contributed by atoms with van der Waals surface area (Å²) in [6.07, 6.45) is 1.04. The lowest BCUT2D eigenvalue weighted by Crippen LogP contribution is -2.32. The molecule has 0 radical (unpaired) electrons. The van der Waals surface area contributed by atoms with Gasteiger partial charge in [0.2, 0.25) is 0 Å². The first-order chi connectivity index (χ1) is 19.0. The van der Waals surface area contributed by atoms with Crippen molar-refractivity contribution < 1.29 is 19.4 Å². The van der Waals surface area contributed by atoms with Crippen LogP contribution < -0.4 is 10.6 Å². The van der Waals surface area contributed by atoms with Crippen LogP contribution in [0.4, 0.5) is 10.5 Å². The first kappa shape index (κ1) is 27.2. The average molecular weight is 567 g/mol. The number of nitrogens with one attached hydrogen (secondary N) is 2. The fraction of sp³-hybridized carbons (Fsp3) is 0.241. The number of benzene rings is 3. The molecule has 0 spiro atoms. The van der Waals surface area contributed by atoms with E-state index in [9.17, 15) is 9.90 Å². The Kier molecular flexibility index (Phi) is 8.81. The molecule has 8 nitrogen and oxygen atoms in total. The fourth-order valence-corrected chi connectivity index (χ4v) is 4.71. The summed E-state index contributed by atoms with van der Waals surface area (Å²) in [6, 6.07) is 24.5. The van der Waals surface area contributed by atoms with E-state index in [1.165, 1.54) is 0 Å². The third-order valence-corrected chi connectivity index (χ3v) is 7.25. The number of imidazole rings is 1. The molecular weight excluding hydrogens is 539 g/mol. The molecule has 1 aromatic heterocycles. The predicted octanol–water partition coefficient (Wildman–Crippen LogP) is 6.25. The van der Waals surface area contributed by atoms with E-state index in [0.717, 1.165) is 22.3 Å². The Morgan fingerprint density at radius 3 is 2.33 bits per heavy atom. The first-order valence-electron chi connectivity index (χ1n) is 12.5. The Morgan fingerprint density at radius 2 is 1.67 bits per heavy atom. The largest absolute Gasteiger partial charge is 0.392 e. The lowest BCUT2D eigenvalue weighted by atomic mass is 10.00. The standard InChI is InChI=1S/C29H28Cl2N4O4/c30-26-27(31)35(18-33-26)16-24-14-25(21-8-6-20(17-36)7-9-21)39-28(38-24)22-10-12-23(13-11-22)34-29(37)32-15-19-4-2-1-3-5-19/h1-13,18,24-25,28,36H,14-17H2,(H2,32,34,37). The summed E-state index contributed by atoms with van der Waals surface area (Å²) >= 11 is 12.3. The van der Waals surface area contributed by atoms with Gasteiger partial charge in [0.25, 0.3) is 0 Å². The zero-order valence-electron chi connectivity index (χ0n) is 21.0. The van der Waals surface area contributed by atoms with Crippen LogP contribution in [0, 0.1) is 0 Å². The second-order valence-electron chi connectivity index (χ2n) is 9.24. The Bertz CT molecular complexity index is 1380. The van der Waals surface area contributed by atoms with E-state index in [1.54, 1.807) is 10.9 Å². The minimum atomic E-state index is -0.648. The summed E-state index contributed by atoms with van der Waals surface area (Å²) < 4.78 is 14.5. The van der Waals surface area contributed by atoms with Gasteiger partial charge in [0.05, 0.1) is 31.7 Å². The van der Waals surface area contributed by atoms with Crippen molar-refractivity contribution in [3.8, 4) is 0 Å². The van der Waals surface area contributed by atoms with Crippen LogP contribution in [-0.4, -0.2) is 26.8 Å². The van der Waals surface area contributed by atoms with Gasteiger partial charge in [0, 0.05) is 24.2 Å². The number of urea groups is 1. The number of carbonyl (C=O) groups is 1. The van der Waals surface area contributed by atoms with Gasteiger partial charge in [-0.25, -0.2) is 9.78 Å². The van der Waals surface area contributed by atoms with Gasteiger partial charge in [0.15, 0.2) is 11.4 Å². The highest BCUT2D eigenvalue weighted by atomic mass is 35.5. The molecule has 0 aliphatic carbocycles. The van der Waals surface area contributed by atoms with Crippen LogP contribution in [0.5, 0.6) is 0 Å². The number of carbonyl (C=O) groups excluding carboxylic acids is 1. The summed E-state index contributed by atoms with van der Waals surface area (Å²) in [5.41, 5.74) is 4.28. The molecule has 202 valence electrons. The predicted molar refractivity (Wildman–Crippen MR) is 149 cm³/mol. The molecule has 10 heteroatoms. The number of hydrogen-bond acceptors (Lipinski definition) is 5. The van der Waals surface area contributed by atoms with Gasteiger partial charge in [-0.2, -0.15) is 0 Å². The highest BCUT2D eigenvalue weighted by Gasteiger charge is 2.33. The number of nitrogens with zero attached hydrogens (tertiary/aromatic N) is 2. The number of hydrogen-bond donors (Lipinski definition) is 3. The van der Waals surface area contributed by atoms with E-state index in [0.29, 0.717) is 30.4 Å². The molecule has 39 heavy (non-hydrogen) atoms. The van der Waals surface area contributed by atoms with Crippen LogP contribution in [0.3, 0.4) is 0 Å². The second kappa shape index (κ2) is 12.6. The number of aliphatic hydroxyl groups excluding tert-OH is 1. The summed E-state index contributed by atoms with van der Waals surface area (Å²) in [5, 5.41) is 15.7. The molecule has 3 N–H and O–H groups in total. The van der Waals surface area contributed by atoms with E-state index in [2.05, 4.69) is 15.6 Å². The third kappa shape index (κ3) is 6.98. The van der Waals surface area contributed by atoms with E-state index in [4.69, 9.17) is 32.7 Å². The summed E-state index contributed by atoms with van der Waals surface area (Å²) in [6.45, 7) is 0.859. The monoisotopic (exact) mass is 566 g/mol. The van der Waals surface area contributed by atoms with Gasteiger partial charge in [-0.1, -0.05) is 89.9 Å². The lowest BCUT2D eigenvalue weighted by molar-refractivity contribution is -0.252. The van der Waals surface area contributed by atoms with Crippen LogP contribution in [0.15, 0.2) is 85.2 Å². The normalized spacial score (nSPS) is 19.0. The number of aliphatic hydroxyl groups is 1. The van der Waals surface area contributed by atoms with Gasteiger partial charge in [0.1, 0.15) is 5.15 Å². The molecule has 2 heterocycles. The van der Waals surface area contributed by atoms with Crippen LogP contribution >= 0.6 is 23.2 Å². The molecule has 4 aromatic rings. The maximum atomic E-state index is 12.3. The smallest absolute Gasteiger partial charge is 0.319 e. The molecule has 1 fully saturated rings. The SMILES string of the molecule is O=C(NCc1ccccc1)Nc1ccc(C2OC(Cn3cnc(Cl)c3Cl)CC(c3ccc(CO)cc3)O2)cc1. The summed E-state index contributed by atoms with van der Waals surface area (Å²) in [4.78, 5) is 16.4. The van der Waals surface area contributed by atoms with Gasteiger partial charge >= 0.3 is 6.03 Å². The summed E-state index contributed by atoms with van der Waals surface area (Å²) in [7, 11) is 0. The molecule has 1 saturated heterocycles. The number of ether oxygens (including phenoxy) is 2. The Hall–Kier alpha value is -3.40. The molecule has 5 rings (SSSR count). The van der Waals surface area contributed by atoms with Gasteiger partial charge in [-0.15, -0.1) is 0 Å². The van der Waals surface area contributed by atoms with Crippen molar-refractivity contribution in [1.29, 1.82) is 0 Å². The molecule has 1 aliphatic heterocycles. The number of halogens is 2. The third-order valence-electron chi connectivity index (χ3n) is 6.48. The van der Waals surface area contributed by atoms with Crippen molar-refractivity contribution in [3.63, 3.8) is 0 Å². The molecule has 0 bridgehead atoms. The molecule has 0 saturated carbocycles. The van der Waals surface area contributed by atoms with E-state index < -0.39 is 6.29 Å². The van der Waals surface area contributed by atoms with E-state index in [1.807, 2.05) is 78.9 Å². The first-order valence-corrected chi connectivity index (χ1v) is 13.3. The van der Waals surface area contributed by atoms with Crippen LogP contribution in [0.1, 0.15) is 41.1 Å². The minimum Gasteiger partial charge on any atom is -0.392 e. The Balaban J connectivity index is 1.28.